The third-order valence-corrected chi connectivity index (χ3v) is 4.13. The number of nitrogens with two attached hydrogens (primary N) is 1. The summed E-state index contributed by atoms with van der Waals surface area (Å²) in [4.78, 5) is 2.24. The Balaban J connectivity index is 2.16. The molecule has 0 radical (unpaired) electrons. The van der Waals surface area contributed by atoms with Crippen molar-refractivity contribution in [2.24, 2.45) is 5.73 Å². The zero-order valence-corrected chi connectivity index (χ0v) is 11.8. The van der Waals surface area contributed by atoms with Crippen molar-refractivity contribution in [2.45, 2.75) is 51.1 Å². The van der Waals surface area contributed by atoms with Crippen molar-refractivity contribution in [1.29, 1.82) is 0 Å². The maximum absolute atomic E-state index is 5.96. The molecule has 3 heteroatoms. The van der Waals surface area contributed by atoms with Gasteiger partial charge in [0.1, 0.15) is 0 Å². The highest BCUT2D eigenvalue weighted by Gasteiger charge is 2.26. The van der Waals surface area contributed by atoms with E-state index in [1.807, 2.05) is 6.07 Å². The summed E-state index contributed by atoms with van der Waals surface area (Å²) in [5.41, 5.74) is 7.25. The van der Waals surface area contributed by atoms with Crippen molar-refractivity contribution in [1.82, 2.24) is 4.90 Å². The van der Waals surface area contributed by atoms with Gasteiger partial charge in [-0.1, -0.05) is 49.6 Å². The highest BCUT2D eigenvalue weighted by Crippen LogP contribution is 2.29. The first-order chi connectivity index (χ1) is 8.70. The minimum absolute atomic E-state index is 0.270. The molecule has 0 saturated heterocycles. The molecule has 2 nitrogen and oxygen atoms in total. The van der Waals surface area contributed by atoms with E-state index >= 15 is 0 Å². The minimum Gasteiger partial charge on any atom is -0.376 e. The number of benzene rings is 1. The van der Waals surface area contributed by atoms with E-state index in [0.29, 0.717) is 11.2 Å². The first-order valence-electron chi connectivity index (χ1n) is 6.83. The van der Waals surface area contributed by atoms with Gasteiger partial charge in [-0.05, 0) is 37.5 Å². The molecular weight excluding hydrogens is 240 g/mol. The normalized spacial score (nSPS) is 18.3. The highest BCUT2D eigenvalue weighted by atomic mass is 32.1. The fraction of sp³-hybridized carbons (Fsp3) is 0.533. The van der Waals surface area contributed by atoms with Crippen molar-refractivity contribution in [3.63, 3.8) is 0 Å². The van der Waals surface area contributed by atoms with Crippen LogP contribution in [0.4, 0.5) is 0 Å². The van der Waals surface area contributed by atoms with E-state index in [4.69, 9.17) is 18.0 Å². The Bertz CT molecular complexity index is 385. The number of thiocarbonyl (C=S) groups is 1. The lowest BCUT2D eigenvalue weighted by molar-refractivity contribution is 0.201. The van der Waals surface area contributed by atoms with Gasteiger partial charge >= 0.3 is 0 Å². The maximum atomic E-state index is 5.96. The Labute approximate surface area is 115 Å². The van der Waals surface area contributed by atoms with Crippen LogP contribution >= 0.6 is 12.2 Å². The molecule has 1 atom stereocenters. The monoisotopic (exact) mass is 262 g/mol. The third-order valence-electron chi connectivity index (χ3n) is 3.92. The van der Waals surface area contributed by atoms with Crippen LogP contribution in [0, 0.1) is 0 Å². The molecule has 18 heavy (non-hydrogen) atoms. The molecule has 0 spiro atoms. The van der Waals surface area contributed by atoms with Crippen LogP contribution in [0.5, 0.6) is 0 Å². The molecule has 1 fully saturated rings. The number of nitrogens with zero attached hydrogens (tertiary/aromatic N) is 1. The first kappa shape index (κ1) is 13.3. The maximum Gasteiger partial charge on any atom is 0.167 e. The predicted octanol–water partition coefficient (Wildman–Crippen LogP) is 3.63. The van der Waals surface area contributed by atoms with Gasteiger partial charge in [-0.15, -0.1) is 0 Å². The van der Waals surface area contributed by atoms with Crippen molar-refractivity contribution in [3.05, 3.63) is 35.9 Å². The van der Waals surface area contributed by atoms with E-state index in [2.05, 4.69) is 36.1 Å². The van der Waals surface area contributed by atoms with Crippen LogP contribution in [0.3, 0.4) is 0 Å². The molecule has 0 heterocycles. The molecule has 0 bridgehead atoms. The predicted molar refractivity (Wildman–Crippen MR) is 80.4 cm³/mol. The van der Waals surface area contributed by atoms with E-state index in [-0.39, 0.29) is 6.04 Å². The lowest BCUT2D eigenvalue weighted by atomic mass is 9.92. The second-order valence-electron chi connectivity index (χ2n) is 5.12. The van der Waals surface area contributed by atoms with Crippen molar-refractivity contribution < 1.29 is 0 Å². The summed E-state index contributed by atoms with van der Waals surface area (Å²) in [6.45, 7) is 2.20. The average molecular weight is 262 g/mol. The van der Waals surface area contributed by atoms with Crippen LogP contribution in [0.15, 0.2) is 30.3 Å². The van der Waals surface area contributed by atoms with Gasteiger partial charge in [0.2, 0.25) is 0 Å². The van der Waals surface area contributed by atoms with E-state index in [1.165, 1.54) is 37.7 Å². The molecule has 98 valence electrons. The number of hydrogen-bond donors (Lipinski definition) is 1. The van der Waals surface area contributed by atoms with Gasteiger partial charge in [-0.3, -0.25) is 0 Å². The van der Waals surface area contributed by atoms with E-state index in [1.54, 1.807) is 0 Å². The second kappa shape index (κ2) is 6.19. The van der Waals surface area contributed by atoms with Crippen molar-refractivity contribution in [2.75, 3.05) is 0 Å². The van der Waals surface area contributed by atoms with Crippen LogP contribution < -0.4 is 5.73 Å². The van der Waals surface area contributed by atoms with Gasteiger partial charge < -0.3 is 10.6 Å². The quantitative estimate of drug-likeness (QED) is 0.844. The van der Waals surface area contributed by atoms with Gasteiger partial charge in [0.15, 0.2) is 5.11 Å². The molecule has 0 aliphatic heterocycles. The van der Waals surface area contributed by atoms with E-state index in [0.717, 1.165) is 0 Å². The molecule has 1 aliphatic rings. The van der Waals surface area contributed by atoms with Gasteiger partial charge in [0, 0.05) is 6.04 Å². The highest BCUT2D eigenvalue weighted by molar-refractivity contribution is 7.80. The molecule has 2 N–H and O–H groups in total. The molecule has 0 amide bonds. The SMILES string of the molecule is CC(c1ccccc1)N(C(N)=S)C1CCCCC1. The van der Waals surface area contributed by atoms with Crippen LogP contribution in [0.25, 0.3) is 0 Å². The lowest BCUT2D eigenvalue weighted by Crippen LogP contribution is -2.45. The molecule has 0 aromatic heterocycles. The Morgan fingerprint density at radius 1 is 1.22 bits per heavy atom. The molecule has 1 aromatic rings. The summed E-state index contributed by atoms with van der Waals surface area (Å²) in [5, 5.41) is 0.540. The second-order valence-corrected chi connectivity index (χ2v) is 5.54. The van der Waals surface area contributed by atoms with Gasteiger partial charge in [0.25, 0.3) is 0 Å². The Kier molecular flexibility index (Phi) is 4.59. The minimum atomic E-state index is 0.270. The van der Waals surface area contributed by atoms with Gasteiger partial charge in [0.05, 0.1) is 6.04 Å². The summed E-state index contributed by atoms with van der Waals surface area (Å²) in [5.74, 6) is 0. The van der Waals surface area contributed by atoms with Crippen molar-refractivity contribution >= 4 is 17.3 Å². The van der Waals surface area contributed by atoms with E-state index in [9.17, 15) is 0 Å². The lowest BCUT2D eigenvalue weighted by Gasteiger charge is -2.39. The zero-order valence-electron chi connectivity index (χ0n) is 11.0. The topological polar surface area (TPSA) is 29.3 Å². The first-order valence-corrected chi connectivity index (χ1v) is 7.23. The molecular formula is C15H22N2S. The molecule has 2 rings (SSSR count). The smallest absolute Gasteiger partial charge is 0.167 e. The fourth-order valence-corrected chi connectivity index (χ4v) is 3.25. The third kappa shape index (κ3) is 3.02. The molecule has 1 saturated carbocycles. The summed E-state index contributed by atoms with van der Waals surface area (Å²) >= 11 is 5.28. The van der Waals surface area contributed by atoms with Crippen LogP contribution in [-0.4, -0.2) is 16.1 Å². The molecule has 1 aliphatic carbocycles. The Hall–Kier alpha value is -1.09. The Morgan fingerprint density at radius 3 is 2.39 bits per heavy atom. The number of rotatable bonds is 3. The van der Waals surface area contributed by atoms with Gasteiger partial charge in [-0.25, -0.2) is 0 Å². The van der Waals surface area contributed by atoms with Crippen LogP contribution in [0.1, 0.15) is 50.6 Å². The summed E-state index contributed by atoms with van der Waals surface area (Å²) in [6, 6.07) is 11.3. The molecule has 1 aromatic carbocycles. The summed E-state index contributed by atoms with van der Waals surface area (Å²) in [7, 11) is 0. The van der Waals surface area contributed by atoms with E-state index < -0.39 is 0 Å². The number of hydrogen-bond acceptors (Lipinski definition) is 1. The summed E-state index contributed by atoms with van der Waals surface area (Å²) < 4.78 is 0. The fourth-order valence-electron chi connectivity index (χ4n) is 2.94. The van der Waals surface area contributed by atoms with Crippen LogP contribution in [-0.2, 0) is 0 Å². The average Bonchev–Trinajstić information content (AvgIpc) is 2.40. The van der Waals surface area contributed by atoms with Crippen LogP contribution in [0.2, 0.25) is 0 Å². The molecule has 1 unspecified atom stereocenters. The van der Waals surface area contributed by atoms with Crippen molar-refractivity contribution in [3.8, 4) is 0 Å². The largest absolute Gasteiger partial charge is 0.376 e. The van der Waals surface area contributed by atoms with Gasteiger partial charge in [-0.2, -0.15) is 0 Å². The Morgan fingerprint density at radius 2 is 1.83 bits per heavy atom. The summed E-state index contributed by atoms with van der Waals surface area (Å²) in [6.07, 6.45) is 6.38. The standard InChI is InChI=1S/C15H22N2S/c1-12(13-8-4-2-5-9-13)17(15(16)18)14-10-6-3-7-11-14/h2,4-5,8-9,12,14H,3,6-7,10-11H2,1H3,(H2,16,18). The zero-order chi connectivity index (χ0) is 13.0.